The van der Waals surface area contributed by atoms with Gasteiger partial charge in [-0.25, -0.2) is 0 Å². The highest BCUT2D eigenvalue weighted by molar-refractivity contribution is 5.05. The lowest BCUT2D eigenvalue weighted by Crippen LogP contribution is -2.43. The molecular formula is C32H52O6. The molecule has 0 aliphatic carbocycles. The minimum absolute atomic E-state index is 0.0633. The summed E-state index contributed by atoms with van der Waals surface area (Å²) < 4.78 is 22.8. The van der Waals surface area contributed by atoms with Gasteiger partial charge < -0.3 is 29.2 Å². The standard InChI is InChI=1S/2C16H26O3/c2*1-7-13-10-14(19-16(5,6)18-13)9-8-12(4)15(17)11(2)3/h2*1,8-9,11-15,17H,10H2,2-6H3/b2*9-8+/t2*12-,13+,14-,15-/m00/s1. The zero-order valence-electron chi connectivity index (χ0n) is 25.2. The fourth-order valence-corrected chi connectivity index (χ4v) is 4.56. The molecule has 0 aromatic carbocycles. The molecule has 2 aliphatic heterocycles. The topological polar surface area (TPSA) is 77.4 Å². The molecule has 38 heavy (non-hydrogen) atoms. The van der Waals surface area contributed by atoms with Crippen LogP contribution in [0.1, 0.15) is 82.1 Å². The Morgan fingerprint density at radius 3 is 1.24 bits per heavy atom. The van der Waals surface area contributed by atoms with Crippen LogP contribution < -0.4 is 0 Å². The van der Waals surface area contributed by atoms with Crippen LogP contribution in [0.4, 0.5) is 0 Å². The van der Waals surface area contributed by atoms with Crippen molar-refractivity contribution in [2.45, 2.75) is 130 Å². The fourth-order valence-electron chi connectivity index (χ4n) is 4.56. The van der Waals surface area contributed by atoms with Gasteiger partial charge in [0.05, 0.1) is 24.4 Å². The molecule has 0 saturated carbocycles. The van der Waals surface area contributed by atoms with E-state index in [1.807, 2.05) is 93.5 Å². The van der Waals surface area contributed by atoms with Crippen LogP contribution in [0.15, 0.2) is 24.3 Å². The molecular weight excluding hydrogens is 480 g/mol. The Hall–Kier alpha value is -1.64. The van der Waals surface area contributed by atoms with Gasteiger partial charge >= 0.3 is 0 Å². The highest BCUT2D eigenvalue weighted by Crippen LogP contribution is 2.29. The van der Waals surface area contributed by atoms with Crippen LogP contribution in [0.5, 0.6) is 0 Å². The average molecular weight is 533 g/mol. The summed E-state index contributed by atoms with van der Waals surface area (Å²) >= 11 is 0. The number of hydrogen-bond acceptors (Lipinski definition) is 6. The molecule has 0 spiro atoms. The molecule has 0 radical (unpaired) electrons. The lowest BCUT2D eigenvalue weighted by molar-refractivity contribution is -0.279. The predicted octanol–water partition coefficient (Wildman–Crippen LogP) is 5.48. The highest BCUT2D eigenvalue weighted by Gasteiger charge is 2.34. The Labute approximate surface area is 232 Å². The van der Waals surface area contributed by atoms with Crippen LogP contribution in [0.25, 0.3) is 0 Å². The third kappa shape index (κ3) is 12.0. The van der Waals surface area contributed by atoms with Gasteiger partial charge in [-0.05, 0) is 39.5 Å². The molecule has 2 saturated heterocycles. The smallest absolute Gasteiger partial charge is 0.165 e. The average Bonchev–Trinajstić information content (AvgIpc) is 2.83. The summed E-state index contributed by atoms with van der Waals surface area (Å²) in [6.07, 6.45) is 18.9. The first-order chi connectivity index (χ1) is 17.5. The summed E-state index contributed by atoms with van der Waals surface area (Å²) in [6.45, 7) is 19.5. The summed E-state index contributed by atoms with van der Waals surface area (Å²) in [4.78, 5) is 0. The molecule has 2 N–H and O–H groups in total. The van der Waals surface area contributed by atoms with Crippen LogP contribution in [0.3, 0.4) is 0 Å². The first-order valence-electron chi connectivity index (χ1n) is 13.9. The van der Waals surface area contributed by atoms with Crippen LogP contribution in [-0.4, -0.2) is 58.4 Å². The molecule has 8 atom stereocenters. The maximum absolute atomic E-state index is 9.98. The molecule has 2 heterocycles. The largest absolute Gasteiger partial charge is 0.392 e. The van der Waals surface area contributed by atoms with E-state index in [0.29, 0.717) is 12.8 Å². The van der Waals surface area contributed by atoms with Crippen molar-refractivity contribution in [1.82, 2.24) is 0 Å². The lowest BCUT2D eigenvalue weighted by atomic mass is 9.94. The van der Waals surface area contributed by atoms with Crippen molar-refractivity contribution in [1.29, 1.82) is 0 Å². The Bertz CT molecular complexity index is 773. The summed E-state index contributed by atoms with van der Waals surface area (Å²) in [7, 11) is 0. The molecule has 216 valence electrons. The molecule has 0 unspecified atom stereocenters. The third-order valence-corrected chi connectivity index (χ3v) is 6.69. The number of ether oxygens (including phenoxy) is 4. The number of aliphatic hydroxyl groups excluding tert-OH is 2. The normalized spacial score (nSPS) is 30.2. The van der Waals surface area contributed by atoms with Gasteiger partial charge in [0, 0.05) is 24.7 Å². The van der Waals surface area contributed by atoms with Crippen molar-refractivity contribution < 1.29 is 29.2 Å². The number of rotatable bonds is 8. The van der Waals surface area contributed by atoms with Gasteiger partial charge in [0.25, 0.3) is 0 Å². The summed E-state index contributed by atoms with van der Waals surface area (Å²) in [6, 6.07) is 0. The molecule has 0 aromatic rings. The van der Waals surface area contributed by atoms with Crippen LogP contribution in [0, 0.1) is 48.4 Å². The monoisotopic (exact) mass is 532 g/mol. The van der Waals surface area contributed by atoms with Crippen molar-refractivity contribution in [2.24, 2.45) is 23.7 Å². The lowest BCUT2D eigenvalue weighted by Gasteiger charge is -2.38. The molecule has 6 heteroatoms. The van der Waals surface area contributed by atoms with Gasteiger partial charge in [-0.3, -0.25) is 0 Å². The van der Waals surface area contributed by atoms with E-state index < -0.39 is 11.6 Å². The molecule has 0 aromatic heterocycles. The Morgan fingerprint density at radius 1 is 0.658 bits per heavy atom. The zero-order valence-corrected chi connectivity index (χ0v) is 25.2. The van der Waals surface area contributed by atoms with E-state index in [9.17, 15) is 10.2 Å². The van der Waals surface area contributed by atoms with Crippen molar-refractivity contribution >= 4 is 0 Å². The third-order valence-electron chi connectivity index (χ3n) is 6.69. The minimum atomic E-state index is -0.663. The van der Waals surface area contributed by atoms with Gasteiger partial charge in [-0.1, -0.05) is 77.7 Å². The second-order valence-electron chi connectivity index (χ2n) is 12.1. The van der Waals surface area contributed by atoms with Crippen molar-refractivity contribution in [3.8, 4) is 24.7 Å². The summed E-state index contributed by atoms with van der Waals surface area (Å²) in [5.41, 5.74) is 0. The molecule has 0 amide bonds. The first kappa shape index (κ1) is 34.4. The van der Waals surface area contributed by atoms with E-state index in [4.69, 9.17) is 31.8 Å². The van der Waals surface area contributed by atoms with Gasteiger partial charge in [0.15, 0.2) is 11.6 Å². The van der Waals surface area contributed by atoms with Crippen molar-refractivity contribution in [3.63, 3.8) is 0 Å². The maximum Gasteiger partial charge on any atom is 0.165 e. The fraction of sp³-hybridized carbons (Fsp3) is 0.750. The van der Waals surface area contributed by atoms with E-state index in [1.165, 1.54) is 0 Å². The van der Waals surface area contributed by atoms with Crippen molar-refractivity contribution in [2.75, 3.05) is 0 Å². The predicted molar refractivity (Wildman–Crippen MR) is 153 cm³/mol. The zero-order chi connectivity index (χ0) is 29.3. The van der Waals surface area contributed by atoms with Gasteiger partial charge in [0.2, 0.25) is 0 Å². The summed E-state index contributed by atoms with van der Waals surface area (Å²) in [5.74, 6) is 4.61. The molecule has 6 nitrogen and oxygen atoms in total. The van der Waals surface area contributed by atoms with E-state index in [0.717, 1.165) is 0 Å². The van der Waals surface area contributed by atoms with Crippen LogP contribution in [0.2, 0.25) is 0 Å². The number of aliphatic hydroxyl groups is 2. The minimum Gasteiger partial charge on any atom is -0.392 e. The quantitative estimate of drug-likeness (QED) is 0.319. The molecule has 2 aliphatic rings. The Kier molecular flexibility index (Phi) is 13.8. The SMILES string of the molecule is C#C[C@@H]1C[C@H](/C=C/[C@H](C)[C@@H](O)C(C)C)OC(C)(C)O1.C#C[C@@H]1C[C@H](/C=C/[C@H](C)[C@@H](O)C(C)C)OC(C)(C)O1. The second-order valence-corrected chi connectivity index (χ2v) is 12.1. The number of hydrogen-bond donors (Lipinski definition) is 2. The highest BCUT2D eigenvalue weighted by atomic mass is 16.7. The Morgan fingerprint density at radius 2 is 0.974 bits per heavy atom. The molecule has 2 rings (SSSR count). The second kappa shape index (κ2) is 15.2. The van der Waals surface area contributed by atoms with E-state index >= 15 is 0 Å². The van der Waals surface area contributed by atoms with Crippen LogP contribution >= 0.6 is 0 Å². The van der Waals surface area contributed by atoms with E-state index in [-0.39, 0.29) is 60.3 Å². The van der Waals surface area contributed by atoms with E-state index in [1.54, 1.807) is 0 Å². The first-order valence-corrected chi connectivity index (χ1v) is 13.9. The number of terminal acetylenes is 2. The van der Waals surface area contributed by atoms with Crippen molar-refractivity contribution in [3.05, 3.63) is 24.3 Å². The molecule has 0 bridgehead atoms. The van der Waals surface area contributed by atoms with Gasteiger partial charge in [-0.2, -0.15) is 0 Å². The van der Waals surface area contributed by atoms with Gasteiger partial charge in [-0.15, -0.1) is 12.8 Å². The molecule has 2 fully saturated rings. The van der Waals surface area contributed by atoms with E-state index in [2.05, 4.69) is 11.8 Å². The Balaban J connectivity index is 0.000000380. The van der Waals surface area contributed by atoms with Crippen LogP contribution in [-0.2, 0) is 18.9 Å². The summed E-state index contributed by atoms with van der Waals surface area (Å²) in [5, 5.41) is 20.0. The van der Waals surface area contributed by atoms with Gasteiger partial charge in [0.1, 0.15) is 12.2 Å². The maximum atomic E-state index is 9.98.